The van der Waals surface area contributed by atoms with Gasteiger partial charge in [0.05, 0.1) is 21.0 Å². The van der Waals surface area contributed by atoms with Crippen LogP contribution in [0.2, 0.25) is 0 Å². The third-order valence-corrected chi connectivity index (χ3v) is 9.32. The zero-order valence-electron chi connectivity index (χ0n) is 22.7. The second-order valence-corrected chi connectivity index (χ2v) is 11.6. The fourth-order valence-electron chi connectivity index (χ4n) is 5.48. The highest BCUT2D eigenvalue weighted by molar-refractivity contribution is 14.1. The SMILES string of the molecule is CCNC(=O)NC[C@H]1CC[C@H](C(I)N2C=CN=C(N)/C2=C(/N)c2ccc3ccc(-c4ccccc4)nc3c2)CC1. The Morgan fingerprint density at radius 3 is 2.58 bits per heavy atom. The number of carbonyl (C=O) groups is 1. The third-order valence-electron chi connectivity index (χ3n) is 7.70. The van der Waals surface area contributed by atoms with E-state index in [1.807, 2.05) is 55.6 Å². The maximum Gasteiger partial charge on any atom is 0.314 e. The van der Waals surface area contributed by atoms with Gasteiger partial charge in [0.25, 0.3) is 0 Å². The van der Waals surface area contributed by atoms with Crippen molar-refractivity contribution in [2.75, 3.05) is 13.1 Å². The number of benzene rings is 2. The minimum Gasteiger partial charge on any atom is -0.396 e. The molecule has 2 aromatic carbocycles. The summed E-state index contributed by atoms with van der Waals surface area (Å²) < 4.78 is 0.164. The maximum atomic E-state index is 11.8. The molecule has 1 aliphatic carbocycles. The Balaban J connectivity index is 1.35. The number of alkyl halides is 1. The Hall–Kier alpha value is -3.60. The molecule has 1 saturated carbocycles. The largest absolute Gasteiger partial charge is 0.396 e. The normalized spacial score (nSPS) is 21.1. The lowest BCUT2D eigenvalue weighted by atomic mass is 9.81. The molecule has 2 heterocycles. The van der Waals surface area contributed by atoms with Gasteiger partial charge in [0, 0.05) is 42.0 Å². The summed E-state index contributed by atoms with van der Waals surface area (Å²) in [6.07, 6.45) is 8.02. The number of fused-ring (bicyclic) bond motifs is 1. The van der Waals surface area contributed by atoms with E-state index < -0.39 is 0 Å². The van der Waals surface area contributed by atoms with Crippen LogP contribution in [0.15, 0.2) is 83.8 Å². The van der Waals surface area contributed by atoms with E-state index >= 15 is 0 Å². The molecule has 1 unspecified atom stereocenters. The number of carbonyl (C=O) groups excluding carboxylic acids is 1. The van der Waals surface area contributed by atoms with Crippen LogP contribution in [0.1, 0.15) is 38.2 Å². The summed E-state index contributed by atoms with van der Waals surface area (Å²) in [4.78, 5) is 23.3. The van der Waals surface area contributed by atoms with Crippen LogP contribution in [0.3, 0.4) is 0 Å². The molecule has 6 N–H and O–H groups in total. The number of hydrogen-bond donors (Lipinski definition) is 4. The summed E-state index contributed by atoms with van der Waals surface area (Å²) in [7, 11) is 0. The first-order valence-corrected chi connectivity index (χ1v) is 15.1. The number of aliphatic imine (C=N–C) groups is 1. The molecule has 40 heavy (non-hydrogen) atoms. The minimum atomic E-state index is -0.0879. The molecule has 9 heteroatoms. The molecule has 1 fully saturated rings. The van der Waals surface area contributed by atoms with E-state index in [1.54, 1.807) is 6.20 Å². The van der Waals surface area contributed by atoms with Crippen molar-refractivity contribution in [3.8, 4) is 11.3 Å². The smallest absolute Gasteiger partial charge is 0.314 e. The van der Waals surface area contributed by atoms with Crippen LogP contribution in [0.4, 0.5) is 4.79 Å². The molecule has 208 valence electrons. The van der Waals surface area contributed by atoms with Gasteiger partial charge in [-0.2, -0.15) is 0 Å². The lowest BCUT2D eigenvalue weighted by molar-refractivity contribution is 0.217. The molecular formula is C31H36IN7O. The van der Waals surface area contributed by atoms with E-state index in [2.05, 4.69) is 61.3 Å². The number of pyridine rings is 1. The molecule has 1 aliphatic heterocycles. The van der Waals surface area contributed by atoms with Gasteiger partial charge < -0.3 is 27.0 Å². The fraction of sp³-hybridized carbons (Fsp3) is 0.323. The van der Waals surface area contributed by atoms with E-state index in [4.69, 9.17) is 16.5 Å². The quantitative estimate of drug-likeness (QED) is 0.152. The van der Waals surface area contributed by atoms with Crippen molar-refractivity contribution >= 4 is 51.1 Å². The second-order valence-electron chi connectivity index (χ2n) is 10.3. The number of amides is 2. The topological polar surface area (TPSA) is 122 Å². The Morgan fingerprint density at radius 1 is 1.07 bits per heavy atom. The highest BCUT2D eigenvalue weighted by Gasteiger charge is 2.33. The van der Waals surface area contributed by atoms with Gasteiger partial charge in [0.1, 0.15) is 11.5 Å². The molecule has 2 amide bonds. The van der Waals surface area contributed by atoms with Crippen LogP contribution in [0.5, 0.6) is 0 Å². The van der Waals surface area contributed by atoms with Crippen LogP contribution in [0.25, 0.3) is 27.9 Å². The third kappa shape index (κ3) is 6.24. The first-order chi connectivity index (χ1) is 19.4. The Kier molecular flexibility index (Phi) is 8.88. The molecular weight excluding hydrogens is 613 g/mol. The molecule has 1 atom stereocenters. The zero-order valence-corrected chi connectivity index (χ0v) is 24.8. The van der Waals surface area contributed by atoms with Gasteiger partial charge in [0.2, 0.25) is 0 Å². The van der Waals surface area contributed by atoms with Gasteiger partial charge >= 0.3 is 6.03 Å². The lowest BCUT2D eigenvalue weighted by Gasteiger charge is -2.39. The number of rotatable bonds is 7. The number of aromatic nitrogens is 1. The van der Waals surface area contributed by atoms with Crippen molar-refractivity contribution in [1.29, 1.82) is 0 Å². The molecule has 0 radical (unpaired) electrons. The number of hydrogen-bond acceptors (Lipinski definition) is 6. The summed E-state index contributed by atoms with van der Waals surface area (Å²) in [5.41, 5.74) is 18.3. The van der Waals surface area contributed by atoms with Gasteiger partial charge in [-0.1, -0.05) is 71.1 Å². The molecule has 8 nitrogen and oxygen atoms in total. The fourth-order valence-corrected chi connectivity index (χ4v) is 6.67. The van der Waals surface area contributed by atoms with Crippen molar-refractivity contribution in [2.45, 2.75) is 36.7 Å². The molecule has 5 rings (SSSR count). The molecule has 0 spiro atoms. The van der Waals surface area contributed by atoms with Gasteiger partial charge in [-0.25, -0.2) is 14.8 Å². The highest BCUT2D eigenvalue weighted by Crippen LogP contribution is 2.38. The number of halogens is 1. The van der Waals surface area contributed by atoms with Crippen LogP contribution in [0, 0.1) is 11.8 Å². The van der Waals surface area contributed by atoms with E-state index in [9.17, 15) is 4.79 Å². The molecule has 0 bridgehead atoms. The van der Waals surface area contributed by atoms with E-state index in [1.165, 1.54) is 0 Å². The number of amidine groups is 1. The van der Waals surface area contributed by atoms with Crippen molar-refractivity contribution in [2.24, 2.45) is 28.3 Å². The van der Waals surface area contributed by atoms with Crippen LogP contribution >= 0.6 is 22.6 Å². The average molecular weight is 650 g/mol. The summed E-state index contributed by atoms with van der Waals surface area (Å²) in [5, 5.41) is 6.85. The standard InChI is InChI=1S/C31H36IN7O/c1-2-35-31(40)37-19-20-8-10-23(11-9-20)29(32)39-17-16-36-30(34)28(39)27(33)24-13-12-22-14-15-25(38-26(22)18-24)21-6-4-3-5-7-21/h3-7,12-18,20,23,29H,2,8-11,19,33H2,1H3,(H2,34,36)(H2,35,37,40)/b28-27-/t20-,23-,29?. The number of urea groups is 1. The summed E-state index contributed by atoms with van der Waals surface area (Å²) >= 11 is 2.52. The summed E-state index contributed by atoms with van der Waals surface area (Å²) in [6.45, 7) is 3.27. The predicted molar refractivity (Wildman–Crippen MR) is 171 cm³/mol. The van der Waals surface area contributed by atoms with Gasteiger partial charge in [-0.3, -0.25) is 0 Å². The number of nitrogens with two attached hydrogens (primary N) is 2. The van der Waals surface area contributed by atoms with Crippen molar-refractivity contribution in [1.82, 2.24) is 20.5 Å². The van der Waals surface area contributed by atoms with Crippen LogP contribution in [-0.2, 0) is 0 Å². The van der Waals surface area contributed by atoms with Gasteiger partial charge in [-0.05, 0) is 56.6 Å². The van der Waals surface area contributed by atoms with E-state index in [0.29, 0.717) is 36.5 Å². The van der Waals surface area contributed by atoms with E-state index in [0.717, 1.165) is 59.1 Å². The van der Waals surface area contributed by atoms with Crippen LogP contribution < -0.4 is 22.1 Å². The van der Waals surface area contributed by atoms with Crippen molar-refractivity contribution < 1.29 is 4.79 Å². The molecule has 3 aromatic rings. The van der Waals surface area contributed by atoms with Crippen LogP contribution in [-0.4, -0.2) is 38.9 Å². The average Bonchev–Trinajstić information content (AvgIpc) is 2.99. The first kappa shape index (κ1) is 27.9. The lowest BCUT2D eigenvalue weighted by Crippen LogP contribution is -2.42. The van der Waals surface area contributed by atoms with Crippen molar-refractivity contribution in [3.05, 3.63) is 84.3 Å². The molecule has 1 aromatic heterocycles. The molecule has 2 aliphatic rings. The van der Waals surface area contributed by atoms with E-state index in [-0.39, 0.29) is 10.1 Å². The maximum absolute atomic E-state index is 11.8. The Bertz CT molecular complexity index is 1440. The Morgan fingerprint density at radius 2 is 1.82 bits per heavy atom. The predicted octanol–water partition coefficient (Wildman–Crippen LogP) is 5.56. The van der Waals surface area contributed by atoms with Crippen molar-refractivity contribution in [3.63, 3.8) is 0 Å². The van der Waals surface area contributed by atoms with Gasteiger partial charge in [-0.15, -0.1) is 0 Å². The second kappa shape index (κ2) is 12.7. The zero-order chi connectivity index (χ0) is 28.1. The minimum absolute atomic E-state index is 0.0879. The monoisotopic (exact) mass is 649 g/mol. The number of nitrogens with zero attached hydrogens (tertiary/aromatic N) is 3. The first-order valence-electron chi connectivity index (χ1n) is 13.9. The molecule has 0 saturated heterocycles. The number of nitrogens with one attached hydrogen (secondary N) is 2. The summed E-state index contributed by atoms with van der Waals surface area (Å²) in [6, 6.07) is 20.3. The van der Waals surface area contributed by atoms with Gasteiger partial charge in [0.15, 0.2) is 0 Å². The summed E-state index contributed by atoms with van der Waals surface area (Å²) in [5.74, 6) is 1.37. The Labute approximate surface area is 249 Å². The highest BCUT2D eigenvalue weighted by atomic mass is 127.